The number of benzene rings is 2. The van der Waals surface area contributed by atoms with Crippen molar-refractivity contribution in [2.24, 2.45) is 0 Å². The van der Waals surface area contributed by atoms with Crippen molar-refractivity contribution < 1.29 is 17.9 Å². The lowest BCUT2D eigenvalue weighted by Gasteiger charge is -2.13. The molecule has 0 aliphatic heterocycles. The zero-order chi connectivity index (χ0) is 18.6. The second-order valence-corrected chi connectivity index (χ2v) is 5.53. The number of nitriles is 1. The first-order valence-corrected chi connectivity index (χ1v) is 7.72. The summed E-state index contributed by atoms with van der Waals surface area (Å²) in [6.45, 7) is 0.299. The molecule has 130 valence electrons. The summed E-state index contributed by atoms with van der Waals surface area (Å²) in [6, 6.07) is 18.5. The first-order valence-electron chi connectivity index (χ1n) is 7.72. The van der Waals surface area contributed by atoms with Gasteiger partial charge < -0.3 is 4.74 Å². The van der Waals surface area contributed by atoms with Crippen LogP contribution in [-0.2, 0) is 12.8 Å². The van der Waals surface area contributed by atoms with Gasteiger partial charge in [-0.25, -0.2) is 0 Å². The van der Waals surface area contributed by atoms with Gasteiger partial charge >= 0.3 is 6.18 Å². The van der Waals surface area contributed by atoms with Gasteiger partial charge in [0.25, 0.3) is 0 Å². The molecule has 6 heteroatoms. The third-order valence-corrected chi connectivity index (χ3v) is 3.71. The number of hydrogen-bond acceptors (Lipinski definition) is 3. The topological polar surface area (TPSA) is 45.9 Å². The van der Waals surface area contributed by atoms with E-state index in [2.05, 4.69) is 4.98 Å². The molecule has 0 N–H and O–H groups in total. The van der Waals surface area contributed by atoms with E-state index in [1.54, 1.807) is 18.2 Å². The van der Waals surface area contributed by atoms with Crippen molar-refractivity contribution in [3.8, 4) is 22.9 Å². The number of rotatable bonds is 4. The molecule has 0 amide bonds. The number of alkyl halides is 3. The third-order valence-electron chi connectivity index (χ3n) is 3.71. The van der Waals surface area contributed by atoms with Gasteiger partial charge in [0.05, 0.1) is 11.6 Å². The Hall–Kier alpha value is -3.33. The quantitative estimate of drug-likeness (QED) is 0.645. The largest absolute Gasteiger partial charge is 0.488 e. The molecule has 0 spiro atoms. The Kier molecular flexibility index (Phi) is 4.90. The summed E-state index contributed by atoms with van der Waals surface area (Å²) >= 11 is 0. The van der Waals surface area contributed by atoms with Gasteiger partial charge in [0.2, 0.25) is 0 Å². The molecule has 1 heterocycles. The van der Waals surface area contributed by atoms with Crippen LogP contribution in [0.15, 0.2) is 66.9 Å². The lowest BCUT2D eigenvalue weighted by Crippen LogP contribution is -2.07. The second-order valence-electron chi connectivity index (χ2n) is 5.53. The van der Waals surface area contributed by atoms with Crippen molar-refractivity contribution in [2.75, 3.05) is 0 Å². The van der Waals surface area contributed by atoms with Gasteiger partial charge in [-0.05, 0) is 29.8 Å². The molecule has 3 rings (SSSR count). The normalized spacial score (nSPS) is 11.0. The summed E-state index contributed by atoms with van der Waals surface area (Å²) in [4.78, 5) is 3.48. The lowest BCUT2D eigenvalue weighted by atomic mass is 10.0. The van der Waals surface area contributed by atoms with Gasteiger partial charge in [-0.1, -0.05) is 36.4 Å². The van der Waals surface area contributed by atoms with Gasteiger partial charge in [0.1, 0.15) is 18.1 Å². The Bertz CT molecular complexity index is 930. The summed E-state index contributed by atoms with van der Waals surface area (Å²) in [5, 5.41) is 9.10. The molecular formula is C20H13F3N2O. The molecule has 26 heavy (non-hydrogen) atoms. The highest BCUT2D eigenvalue weighted by Gasteiger charge is 2.32. The highest BCUT2D eigenvalue weighted by Crippen LogP contribution is 2.33. The van der Waals surface area contributed by atoms with Gasteiger partial charge in [0, 0.05) is 17.3 Å². The van der Waals surface area contributed by atoms with Gasteiger partial charge in [-0.2, -0.15) is 18.4 Å². The van der Waals surface area contributed by atoms with E-state index < -0.39 is 11.9 Å². The highest BCUT2D eigenvalue weighted by atomic mass is 19.4. The molecule has 0 bridgehead atoms. The summed E-state index contributed by atoms with van der Waals surface area (Å²) in [5.41, 5.74) is 1.32. The van der Waals surface area contributed by atoms with E-state index >= 15 is 0 Å². The fourth-order valence-electron chi connectivity index (χ4n) is 2.41. The fraction of sp³-hybridized carbons (Fsp3) is 0.100. The molecular weight excluding hydrogens is 341 g/mol. The Morgan fingerprint density at radius 1 is 1.00 bits per heavy atom. The van der Waals surface area contributed by atoms with Gasteiger partial charge in [-0.3, -0.25) is 4.98 Å². The van der Waals surface area contributed by atoms with Crippen LogP contribution < -0.4 is 4.74 Å². The van der Waals surface area contributed by atoms with Crippen LogP contribution in [0.3, 0.4) is 0 Å². The van der Waals surface area contributed by atoms with Crippen molar-refractivity contribution >= 4 is 0 Å². The summed E-state index contributed by atoms with van der Waals surface area (Å²) < 4.78 is 43.9. The van der Waals surface area contributed by atoms with Crippen LogP contribution >= 0.6 is 0 Å². The van der Waals surface area contributed by atoms with E-state index in [9.17, 15) is 13.2 Å². The lowest BCUT2D eigenvalue weighted by molar-refractivity contribution is -0.141. The van der Waals surface area contributed by atoms with Crippen LogP contribution in [0.5, 0.6) is 5.75 Å². The molecule has 3 aromatic rings. The second kappa shape index (κ2) is 7.28. The third kappa shape index (κ3) is 4.01. The molecule has 3 nitrogen and oxygen atoms in total. The average molecular weight is 354 g/mol. The molecule has 0 saturated carbocycles. The molecule has 0 fully saturated rings. The summed E-state index contributed by atoms with van der Waals surface area (Å²) in [7, 11) is 0. The molecule has 0 atom stereocenters. The van der Waals surface area contributed by atoms with Crippen LogP contribution in [-0.4, -0.2) is 4.98 Å². The highest BCUT2D eigenvalue weighted by molar-refractivity contribution is 5.71. The molecule has 0 saturated heterocycles. The van der Waals surface area contributed by atoms with Crippen LogP contribution in [0.25, 0.3) is 11.1 Å². The molecule has 0 aliphatic carbocycles. The maximum Gasteiger partial charge on any atom is 0.433 e. The zero-order valence-electron chi connectivity index (χ0n) is 13.5. The van der Waals surface area contributed by atoms with Gasteiger partial charge in [-0.15, -0.1) is 0 Å². The first-order chi connectivity index (χ1) is 12.5. The van der Waals surface area contributed by atoms with Crippen LogP contribution in [0.1, 0.15) is 16.8 Å². The average Bonchev–Trinajstić information content (AvgIpc) is 2.66. The number of hydrogen-bond donors (Lipinski definition) is 0. The van der Waals surface area contributed by atoms with E-state index in [0.717, 1.165) is 17.8 Å². The first kappa shape index (κ1) is 17.5. The molecule has 1 aromatic heterocycles. The Morgan fingerprint density at radius 2 is 1.77 bits per heavy atom. The minimum Gasteiger partial charge on any atom is -0.488 e. The maximum atomic E-state index is 12.7. The predicted molar refractivity (Wildman–Crippen MR) is 90.2 cm³/mol. The number of nitrogens with zero attached hydrogens (tertiary/aromatic N) is 2. The van der Waals surface area contributed by atoms with Crippen molar-refractivity contribution in [3.05, 3.63) is 83.7 Å². The minimum absolute atomic E-state index is 0.299. The van der Waals surface area contributed by atoms with E-state index in [0.29, 0.717) is 29.0 Å². The van der Waals surface area contributed by atoms with Crippen molar-refractivity contribution in [1.82, 2.24) is 4.98 Å². The van der Waals surface area contributed by atoms with Crippen LogP contribution in [0.4, 0.5) is 13.2 Å². The monoisotopic (exact) mass is 354 g/mol. The molecule has 0 aliphatic rings. The molecule has 2 aromatic carbocycles. The van der Waals surface area contributed by atoms with Crippen molar-refractivity contribution in [3.63, 3.8) is 0 Å². The Balaban J connectivity index is 1.93. The predicted octanol–water partition coefficient (Wildman–Crippen LogP) is 5.22. The van der Waals surface area contributed by atoms with E-state index in [1.165, 1.54) is 6.07 Å². The van der Waals surface area contributed by atoms with Gasteiger partial charge in [0.15, 0.2) is 0 Å². The zero-order valence-corrected chi connectivity index (χ0v) is 13.5. The van der Waals surface area contributed by atoms with Crippen molar-refractivity contribution in [1.29, 1.82) is 5.26 Å². The Morgan fingerprint density at radius 3 is 2.38 bits per heavy atom. The molecule has 0 radical (unpaired) electrons. The fourth-order valence-corrected chi connectivity index (χ4v) is 2.41. The minimum atomic E-state index is -4.50. The maximum absolute atomic E-state index is 12.7. The number of halogens is 3. The van der Waals surface area contributed by atoms with Crippen LogP contribution in [0, 0.1) is 11.3 Å². The van der Waals surface area contributed by atoms with E-state index in [4.69, 9.17) is 10.00 Å². The van der Waals surface area contributed by atoms with Crippen molar-refractivity contribution in [2.45, 2.75) is 12.8 Å². The number of aromatic nitrogens is 1. The van der Waals surface area contributed by atoms with E-state index in [-0.39, 0.29) is 0 Å². The van der Waals surface area contributed by atoms with E-state index in [1.807, 2.05) is 36.4 Å². The number of ether oxygens (including phenoxy) is 1. The standard InChI is InChI=1S/C20H13F3N2O/c21-20(22,23)19-9-7-16(12-25-19)17-10-15(11-24)6-8-18(17)26-13-14-4-2-1-3-5-14/h1-10,12H,13H2. The smallest absolute Gasteiger partial charge is 0.433 e. The summed E-state index contributed by atoms with van der Waals surface area (Å²) in [5.74, 6) is 0.467. The summed E-state index contributed by atoms with van der Waals surface area (Å²) in [6.07, 6.45) is -3.37. The Labute approximate surface area is 148 Å². The molecule has 0 unspecified atom stereocenters. The SMILES string of the molecule is N#Cc1ccc(OCc2ccccc2)c(-c2ccc(C(F)(F)F)nc2)c1. The van der Waals surface area contributed by atoms with Crippen LogP contribution in [0.2, 0.25) is 0 Å². The number of pyridine rings is 1.